The maximum absolute atomic E-state index is 5.95. The highest BCUT2D eigenvalue weighted by atomic mass is 15.1. The van der Waals surface area contributed by atoms with Gasteiger partial charge in [-0.1, -0.05) is 12.1 Å². The third kappa shape index (κ3) is 1.27. The van der Waals surface area contributed by atoms with E-state index >= 15 is 0 Å². The normalized spacial score (nSPS) is 10.4. The molecule has 2 rings (SSSR count). The Balaban J connectivity index is 2.61. The first-order valence-corrected chi connectivity index (χ1v) is 4.55. The highest BCUT2D eigenvalue weighted by molar-refractivity contribution is 5.71. The molecule has 0 aliphatic rings. The van der Waals surface area contributed by atoms with Crippen LogP contribution in [0, 0.1) is 13.8 Å². The molecule has 2 aromatic rings. The summed E-state index contributed by atoms with van der Waals surface area (Å²) in [7, 11) is 0. The van der Waals surface area contributed by atoms with Gasteiger partial charge in [0.15, 0.2) is 0 Å². The van der Waals surface area contributed by atoms with Gasteiger partial charge in [-0.05, 0) is 31.0 Å². The number of aromatic nitrogens is 2. The SMILES string of the molecule is Cc1ccc(-c2ccn[nH]2)c(C)c1N. The molecule has 3 nitrogen and oxygen atoms in total. The van der Waals surface area contributed by atoms with Crippen molar-refractivity contribution in [2.75, 3.05) is 5.73 Å². The van der Waals surface area contributed by atoms with Crippen LogP contribution in [-0.2, 0) is 0 Å². The Morgan fingerprint density at radius 1 is 1.21 bits per heavy atom. The number of nitrogens with zero attached hydrogens (tertiary/aromatic N) is 1. The molecule has 3 N–H and O–H groups in total. The zero-order chi connectivity index (χ0) is 10.1. The fourth-order valence-electron chi connectivity index (χ4n) is 1.56. The molecular weight excluding hydrogens is 174 g/mol. The van der Waals surface area contributed by atoms with Crippen LogP contribution in [0.5, 0.6) is 0 Å². The summed E-state index contributed by atoms with van der Waals surface area (Å²) in [6.45, 7) is 4.04. The van der Waals surface area contributed by atoms with E-state index < -0.39 is 0 Å². The highest BCUT2D eigenvalue weighted by Gasteiger charge is 2.06. The second-order valence-electron chi connectivity index (χ2n) is 3.44. The van der Waals surface area contributed by atoms with Crippen molar-refractivity contribution >= 4 is 5.69 Å². The molecule has 1 aromatic carbocycles. The number of H-pyrrole nitrogens is 1. The van der Waals surface area contributed by atoms with E-state index in [2.05, 4.69) is 16.3 Å². The van der Waals surface area contributed by atoms with Crippen LogP contribution in [0.2, 0.25) is 0 Å². The number of aryl methyl sites for hydroxylation is 1. The Kier molecular flexibility index (Phi) is 2.00. The van der Waals surface area contributed by atoms with Gasteiger partial charge in [-0.2, -0.15) is 5.10 Å². The maximum Gasteiger partial charge on any atom is 0.0653 e. The first-order chi connectivity index (χ1) is 6.70. The van der Waals surface area contributed by atoms with E-state index in [4.69, 9.17) is 5.73 Å². The van der Waals surface area contributed by atoms with Crippen molar-refractivity contribution in [2.24, 2.45) is 0 Å². The molecule has 14 heavy (non-hydrogen) atoms. The summed E-state index contributed by atoms with van der Waals surface area (Å²) in [5, 5.41) is 6.86. The Hall–Kier alpha value is -1.77. The molecule has 0 amide bonds. The summed E-state index contributed by atoms with van der Waals surface area (Å²) >= 11 is 0. The van der Waals surface area contributed by atoms with Crippen molar-refractivity contribution < 1.29 is 0 Å². The molecule has 0 aliphatic carbocycles. The molecular formula is C11H13N3. The summed E-state index contributed by atoms with van der Waals surface area (Å²) in [5.74, 6) is 0. The van der Waals surface area contributed by atoms with E-state index in [0.717, 1.165) is 28.1 Å². The lowest BCUT2D eigenvalue weighted by atomic mass is 10.0. The van der Waals surface area contributed by atoms with Crippen LogP contribution in [0.25, 0.3) is 11.3 Å². The summed E-state index contributed by atoms with van der Waals surface area (Å²) < 4.78 is 0. The first kappa shape index (κ1) is 8.81. The Morgan fingerprint density at radius 2 is 2.00 bits per heavy atom. The monoisotopic (exact) mass is 187 g/mol. The zero-order valence-corrected chi connectivity index (χ0v) is 8.33. The second kappa shape index (κ2) is 3.18. The fourth-order valence-corrected chi connectivity index (χ4v) is 1.56. The van der Waals surface area contributed by atoms with Gasteiger partial charge in [-0.15, -0.1) is 0 Å². The average molecular weight is 187 g/mol. The van der Waals surface area contributed by atoms with Crippen LogP contribution in [-0.4, -0.2) is 10.2 Å². The largest absolute Gasteiger partial charge is 0.398 e. The number of hydrogen-bond donors (Lipinski definition) is 2. The third-order valence-corrected chi connectivity index (χ3v) is 2.52. The van der Waals surface area contributed by atoms with E-state index in [1.165, 1.54) is 0 Å². The number of aromatic amines is 1. The molecule has 0 saturated heterocycles. The van der Waals surface area contributed by atoms with Gasteiger partial charge in [0.1, 0.15) is 0 Å². The van der Waals surface area contributed by atoms with Crippen molar-refractivity contribution in [2.45, 2.75) is 13.8 Å². The molecule has 0 aliphatic heterocycles. The number of nitrogens with two attached hydrogens (primary N) is 1. The van der Waals surface area contributed by atoms with E-state index in [9.17, 15) is 0 Å². The van der Waals surface area contributed by atoms with Gasteiger partial charge in [-0.3, -0.25) is 5.10 Å². The van der Waals surface area contributed by atoms with Crippen molar-refractivity contribution in [3.05, 3.63) is 35.5 Å². The summed E-state index contributed by atoms with van der Waals surface area (Å²) in [4.78, 5) is 0. The van der Waals surface area contributed by atoms with Gasteiger partial charge in [0, 0.05) is 17.4 Å². The highest BCUT2D eigenvalue weighted by Crippen LogP contribution is 2.27. The van der Waals surface area contributed by atoms with Crippen LogP contribution in [0.15, 0.2) is 24.4 Å². The topological polar surface area (TPSA) is 54.7 Å². The predicted octanol–water partition coefficient (Wildman–Crippen LogP) is 2.28. The predicted molar refractivity (Wildman–Crippen MR) is 57.9 cm³/mol. The van der Waals surface area contributed by atoms with E-state index in [1.807, 2.05) is 26.0 Å². The molecule has 72 valence electrons. The zero-order valence-electron chi connectivity index (χ0n) is 8.33. The number of nitrogen functional groups attached to an aromatic ring is 1. The number of nitrogens with one attached hydrogen (secondary N) is 1. The fraction of sp³-hybridized carbons (Fsp3) is 0.182. The quantitative estimate of drug-likeness (QED) is 0.673. The van der Waals surface area contributed by atoms with Crippen LogP contribution >= 0.6 is 0 Å². The van der Waals surface area contributed by atoms with Crippen LogP contribution in [0.3, 0.4) is 0 Å². The van der Waals surface area contributed by atoms with Crippen LogP contribution in [0.1, 0.15) is 11.1 Å². The minimum Gasteiger partial charge on any atom is -0.398 e. The van der Waals surface area contributed by atoms with Crippen molar-refractivity contribution in [3.8, 4) is 11.3 Å². The van der Waals surface area contributed by atoms with Gasteiger partial charge >= 0.3 is 0 Å². The summed E-state index contributed by atoms with van der Waals surface area (Å²) in [6.07, 6.45) is 1.74. The lowest BCUT2D eigenvalue weighted by molar-refractivity contribution is 1.09. The third-order valence-electron chi connectivity index (χ3n) is 2.52. The van der Waals surface area contributed by atoms with Gasteiger partial charge in [0.05, 0.1) is 5.69 Å². The van der Waals surface area contributed by atoms with Crippen LogP contribution in [0.4, 0.5) is 5.69 Å². The van der Waals surface area contributed by atoms with E-state index in [1.54, 1.807) is 6.20 Å². The molecule has 0 spiro atoms. The number of benzene rings is 1. The standard InChI is InChI=1S/C11H13N3/c1-7-3-4-9(8(2)11(7)12)10-5-6-13-14-10/h3-6H,12H2,1-2H3,(H,13,14). The van der Waals surface area contributed by atoms with Crippen molar-refractivity contribution in [1.29, 1.82) is 0 Å². The van der Waals surface area contributed by atoms with Gasteiger partial charge < -0.3 is 5.73 Å². The van der Waals surface area contributed by atoms with Crippen molar-refractivity contribution in [3.63, 3.8) is 0 Å². The number of rotatable bonds is 1. The van der Waals surface area contributed by atoms with E-state index in [0.29, 0.717) is 0 Å². The van der Waals surface area contributed by atoms with Gasteiger partial charge in [-0.25, -0.2) is 0 Å². The molecule has 1 heterocycles. The lowest BCUT2D eigenvalue weighted by Crippen LogP contribution is -1.95. The second-order valence-corrected chi connectivity index (χ2v) is 3.44. The Bertz CT molecular complexity index is 444. The first-order valence-electron chi connectivity index (χ1n) is 4.55. The van der Waals surface area contributed by atoms with Crippen molar-refractivity contribution in [1.82, 2.24) is 10.2 Å². The Labute approximate surface area is 83.0 Å². The smallest absolute Gasteiger partial charge is 0.0653 e. The molecule has 0 radical (unpaired) electrons. The number of anilines is 1. The molecule has 0 atom stereocenters. The minimum atomic E-state index is 0.858. The maximum atomic E-state index is 5.95. The van der Waals surface area contributed by atoms with E-state index in [-0.39, 0.29) is 0 Å². The minimum absolute atomic E-state index is 0.858. The molecule has 0 unspecified atom stereocenters. The Morgan fingerprint density at radius 3 is 2.64 bits per heavy atom. The average Bonchev–Trinajstić information content (AvgIpc) is 2.67. The lowest BCUT2D eigenvalue weighted by Gasteiger charge is -2.08. The van der Waals surface area contributed by atoms with Gasteiger partial charge in [0.2, 0.25) is 0 Å². The van der Waals surface area contributed by atoms with Crippen LogP contribution < -0.4 is 5.73 Å². The molecule has 1 aromatic heterocycles. The molecule has 0 saturated carbocycles. The number of hydrogen-bond acceptors (Lipinski definition) is 2. The molecule has 0 bridgehead atoms. The molecule has 3 heteroatoms. The summed E-state index contributed by atoms with van der Waals surface area (Å²) in [5.41, 5.74) is 11.2. The molecule has 0 fully saturated rings. The van der Waals surface area contributed by atoms with Gasteiger partial charge in [0.25, 0.3) is 0 Å². The summed E-state index contributed by atoms with van der Waals surface area (Å²) in [6, 6.07) is 6.03.